The number of nitriles is 1. The SMILES string of the molecule is Cc1c(C=Nc2cccc(Cl)c2)c(O)n([C@@H]2CCS(=O)(=O)C2)c(=O)c1C#N. The van der Waals surface area contributed by atoms with Crippen molar-refractivity contribution in [1.29, 1.82) is 5.26 Å². The molecule has 1 aliphatic rings. The molecule has 1 aliphatic heterocycles. The summed E-state index contributed by atoms with van der Waals surface area (Å²) in [6, 6.07) is 7.87. The highest BCUT2D eigenvalue weighted by Gasteiger charge is 2.33. The second-order valence-electron chi connectivity index (χ2n) is 6.32. The quantitative estimate of drug-likeness (QED) is 0.788. The highest BCUT2D eigenvalue weighted by atomic mass is 35.5. The Hall–Kier alpha value is -2.63. The number of rotatable bonds is 3. The second kappa shape index (κ2) is 7.18. The largest absolute Gasteiger partial charge is 0.494 e. The molecule has 1 aromatic heterocycles. The number of pyridine rings is 1. The molecule has 0 bridgehead atoms. The summed E-state index contributed by atoms with van der Waals surface area (Å²) in [6.07, 6.45) is 1.55. The van der Waals surface area contributed by atoms with Gasteiger partial charge >= 0.3 is 0 Å². The van der Waals surface area contributed by atoms with Crippen molar-refractivity contribution >= 4 is 33.3 Å². The van der Waals surface area contributed by atoms with Crippen LogP contribution in [0.25, 0.3) is 0 Å². The maximum atomic E-state index is 12.6. The average Bonchev–Trinajstić information content (AvgIpc) is 2.94. The monoisotopic (exact) mass is 405 g/mol. The molecule has 0 amide bonds. The van der Waals surface area contributed by atoms with Crippen molar-refractivity contribution in [2.45, 2.75) is 19.4 Å². The van der Waals surface area contributed by atoms with Crippen LogP contribution in [0.2, 0.25) is 5.02 Å². The Morgan fingerprint density at radius 1 is 1.44 bits per heavy atom. The van der Waals surface area contributed by atoms with Crippen LogP contribution in [0.15, 0.2) is 34.1 Å². The number of hydrogen-bond acceptors (Lipinski definition) is 6. The summed E-state index contributed by atoms with van der Waals surface area (Å²) in [5, 5.41) is 20.5. The van der Waals surface area contributed by atoms with Crippen LogP contribution in [-0.2, 0) is 9.84 Å². The van der Waals surface area contributed by atoms with Crippen LogP contribution in [-0.4, -0.2) is 35.8 Å². The first-order valence-corrected chi connectivity index (χ1v) is 10.3. The van der Waals surface area contributed by atoms with Crippen LogP contribution >= 0.6 is 11.6 Å². The summed E-state index contributed by atoms with van der Waals surface area (Å²) in [4.78, 5) is 16.9. The average molecular weight is 406 g/mol. The van der Waals surface area contributed by atoms with E-state index in [0.717, 1.165) is 4.57 Å². The smallest absolute Gasteiger partial charge is 0.271 e. The summed E-state index contributed by atoms with van der Waals surface area (Å²) >= 11 is 5.93. The van der Waals surface area contributed by atoms with E-state index in [1.54, 1.807) is 24.3 Å². The molecule has 3 rings (SSSR count). The number of sulfone groups is 1. The van der Waals surface area contributed by atoms with Gasteiger partial charge in [-0.15, -0.1) is 0 Å². The minimum Gasteiger partial charge on any atom is -0.494 e. The second-order valence-corrected chi connectivity index (χ2v) is 8.98. The van der Waals surface area contributed by atoms with Gasteiger partial charge in [-0.1, -0.05) is 17.7 Å². The predicted octanol–water partition coefficient (Wildman–Crippen LogP) is 2.50. The Balaban J connectivity index is 2.16. The molecule has 2 aromatic rings. The van der Waals surface area contributed by atoms with E-state index in [-0.39, 0.29) is 34.6 Å². The van der Waals surface area contributed by atoms with Crippen LogP contribution in [0, 0.1) is 18.3 Å². The van der Waals surface area contributed by atoms with E-state index in [9.17, 15) is 23.6 Å². The van der Waals surface area contributed by atoms with Gasteiger partial charge in [-0.05, 0) is 37.1 Å². The van der Waals surface area contributed by atoms with E-state index in [2.05, 4.69) is 4.99 Å². The summed E-state index contributed by atoms with van der Waals surface area (Å²) in [6.45, 7) is 1.54. The summed E-state index contributed by atoms with van der Waals surface area (Å²) in [7, 11) is -3.28. The lowest BCUT2D eigenvalue weighted by Gasteiger charge is -2.18. The maximum absolute atomic E-state index is 12.6. The van der Waals surface area contributed by atoms with Gasteiger partial charge in [0.2, 0.25) is 5.88 Å². The molecule has 1 fully saturated rings. The topological polar surface area (TPSA) is 113 Å². The van der Waals surface area contributed by atoms with Gasteiger partial charge in [-0.2, -0.15) is 5.26 Å². The third-order valence-electron chi connectivity index (χ3n) is 4.52. The molecular weight excluding hydrogens is 390 g/mol. The van der Waals surface area contributed by atoms with Crippen molar-refractivity contribution < 1.29 is 13.5 Å². The lowest BCUT2D eigenvalue weighted by atomic mass is 10.0. The molecule has 0 radical (unpaired) electrons. The van der Waals surface area contributed by atoms with Gasteiger partial charge in [0.25, 0.3) is 5.56 Å². The minimum absolute atomic E-state index is 0.0642. The van der Waals surface area contributed by atoms with Gasteiger partial charge in [0, 0.05) is 11.2 Å². The van der Waals surface area contributed by atoms with Crippen LogP contribution in [0.1, 0.15) is 29.2 Å². The first-order valence-electron chi connectivity index (χ1n) is 8.11. The van der Waals surface area contributed by atoms with Crippen molar-refractivity contribution in [1.82, 2.24) is 4.57 Å². The lowest BCUT2D eigenvalue weighted by Crippen LogP contribution is -2.29. The summed E-state index contributed by atoms with van der Waals surface area (Å²) in [5.41, 5.74) is 0.151. The molecule has 1 saturated heterocycles. The third-order valence-corrected chi connectivity index (χ3v) is 6.50. The lowest BCUT2D eigenvalue weighted by molar-refractivity contribution is 0.379. The van der Waals surface area contributed by atoms with Gasteiger partial charge in [0.1, 0.15) is 11.6 Å². The molecule has 0 unspecified atom stereocenters. The fourth-order valence-electron chi connectivity index (χ4n) is 3.11. The predicted molar refractivity (Wildman–Crippen MR) is 103 cm³/mol. The zero-order chi connectivity index (χ0) is 19.8. The standard InChI is InChI=1S/C18H16ClN3O4S/c1-11-15(8-20)17(23)22(14-5-6-27(25,26)10-14)18(24)16(11)9-21-13-4-2-3-12(19)7-13/h2-4,7,9,14,24H,5-6,10H2,1H3/t14-/m1/s1. The summed E-state index contributed by atoms with van der Waals surface area (Å²) in [5.74, 6) is -0.714. The number of aromatic nitrogens is 1. The number of aromatic hydroxyl groups is 1. The molecule has 1 atom stereocenters. The van der Waals surface area contributed by atoms with Gasteiger partial charge in [-0.3, -0.25) is 14.4 Å². The molecule has 1 aromatic carbocycles. The molecule has 0 aliphatic carbocycles. The van der Waals surface area contributed by atoms with Crippen LogP contribution < -0.4 is 5.56 Å². The molecule has 27 heavy (non-hydrogen) atoms. The first-order chi connectivity index (χ1) is 12.7. The van der Waals surface area contributed by atoms with Crippen molar-refractivity contribution in [2.24, 2.45) is 4.99 Å². The van der Waals surface area contributed by atoms with E-state index in [1.165, 1.54) is 13.1 Å². The maximum Gasteiger partial charge on any atom is 0.271 e. The van der Waals surface area contributed by atoms with Crippen LogP contribution in [0.5, 0.6) is 5.88 Å². The molecule has 1 N–H and O–H groups in total. The Morgan fingerprint density at radius 2 is 2.19 bits per heavy atom. The molecule has 0 saturated carbocycles. The van der Waals surface area contributed by atoms with Crippen molar-refractivity contribution in [2.75, 3.05) is 11.5 Å². The Morgan fingerprint density at radius 3 is 2.78 bits per heavy atom. The van der Waals surface area contributed by atoms with Crippen LogP contribution in [0.3, 0.4) is 0 Å². The van der Waals surface area contributed by atoms with Gasteiger partial charge in [0.05, 0.1) is 28.8 Å². The van der Waals surface area contributed by atoms with Crippen LogP contribution in [0.4, 0.5) is 5.69 Å². The Bertz CT molecular complexity index is 1150. The molecule has 140 valence electrons. The van der Waals surface area contributed by atoms with Crippen molar-refractivity contribution in [3.8, 4) is 11.9 Å². The van der Waals surface area contributed by atoms with Gasteiger partial charge < -0.3 is 5.11 Å². The normalized spacial score (nSPS) is 18.6. The zero-order valence-electron chi connectivity index (χ0n) is 14.4. The van der Waals surface area contributed by atoms with E-state index in [4.69, 9.17) is 11.6 Å². The minimum atomic E-state index is -3.28. The zero-order valence-corrected chi connectivity index (χ0v) is 16.0. The van der Waals surface area contributed by atoms with Crippen molar-refractivity contribution in [3.63, 3.8) is 0 Å². The van der Waals surface area contributed by atoms with E-state index < -0.39 is 27.3 Å². The molecule has 2 heterocycles. The fraction of sp³-hybridized carbons (Fsp3) is 0.278. The number of aliphatic imine (C=N–C) groups is 1. The van der Waals surface area contributed by atoms with E-state index in [1.807, 2.05) is 6.07 Å². The third kappa shape index (κ3) is 3.75. The Kier molecular flexibility index (Phi) is 5.09. The highest BCUT2D eigenvalue weighted by molar-refractivity contribution is 7.91. The number of hydrogen-bond donors (Lipinski definition) is 1. The van der Waals surface area contributed by atoms with Gasteiger partial charge in [0.15, 0.2) is 9.84 Å². The fourth-order valence-corrected chi connectivity index (χ4v) is 4.99. The number of halogens is 1. The molecular formula is C18H16ClN3O4S. The number of benzene rings is 1. The Labute approximate surface area is 161 Å². The highest BCUT2D eigenvalue weighted by Crippen LogP contribution is 2.30. The van der Waals surface area contributed by atoms with Gasteiger partial charge in [-0.25, -0.2) is 8.42 Å². The molecule has 7 nitrogen and oxygen atoms in total. The van der Waals surface area contributed by atoms with E-state index in [0.29, 0.717) is 10.7 Å². The molecule has 0 spiro atoms. The van der Waals surface area contributed by atoms with Crippen molar-refractivity contribution in [3.05, 3.63) is 56.3 Å². The van der Waals surface area contributed by atoms with E-state index >= 15 is 0 Å². The number of nitrogens with zero attached hydrogens (tertiary/aromatic N) is 3. The molecule has 9 heteroatoms. The summed E-state index contributed by atoms with van der Waals surface area (Å²) < 4.78 is 24.6. The first kappa shape index (κ1) is 19.1.